The first-order valence-corrected chi connectivity index (χ1v) is 8.72. The van der Waals surface area contributed by atoms with E-state index in [0.29, 0.717) is 27.0 Å². The summed E-state index contributed by atoms with van der Waals surface area (Å²) < 4.78 is 7.46. The number of nitrogens with one attached hydrogen (secondary N) is 1. The smallest absolute Gasteiger partial charge is 0.361 e. The maximum Gasteiger partial charge on any atom is 0.361 e. The Balaban J connectivity index is 1.64. The number of ether oxygens (including phenoxy) is 1. The highest BCUT2D eigenvalue weighted by Crippen LogP contribution is 2.16. The summed E-state index contributed by atoms with van der Waals surface area (Å²) in [7, 11) is 1.66. The van der Waals surface area contributed by atoms with Crippen LogP contribution in [0.5, 0.6) is 5.75 Å². The number of hydrogen-bond donors (Lipinski definition) is 1. The van der Waals surface area contributed by atoms with Gasteiger partial charge in [-0.1, -0.05) is 24.3 Å². The summed E-state index contributed by atoms with van der Waals surface area (Å²) in [6.07, 6.45) is 2.99. The molecule has 0 saturated carbocycles. The summed E-state index contributed by atoms with van der Waals surface area (Å²) in [5, 5.41) is 7.88. The number of aromatic nitrogens is 2. The summed E-state index contributed by atoms with van der Waals surface area (Å²) in [5.74, 6) is -0.480. The zero-order valence-corrected chi connectivity index (χ0v) is 15.9. The molecular formula is C19H15BrN4O3. The Morgan fingerprint density at radius 1 is 1.19 bits per heavy atom. The van der Waals surface area contributed by atoms with Gasteiger partial charge in [-0.05, 0) is 51.8 Å². The van der Waals surface area contributed by atoms with E-state index in [-0.39, 0.29) is 5.91 Å². The highest BCUT2D eigenvalue weighted by Gasteiger charge is 2.12. The van der Waals surface area contributed by atoms with Crippen molar-refractivity contribution in [2.24, 2.45) is 12.1 Å². The summed E-state index contributed by atoms with van der Waals surface area (Å²) in [5.41, 5.74) is 3.95. The normalized spacial score (nSPS) is 10.7. The molecule has 0 saturated heterocycles. The fourth-order valence-corrected chi connectivity index (χ4v) is 2.73. The van der Waals surface area contributed by atoms with Crippen molar-refractivity contribution in [3.8, 4) is 5.75 Å². The molecule has 27 heavy (non-hydrogen) atoms. The molecule has 1 amide bonds. The van der Waals surface area contributed by atoms with Crippen LogP contribution in [0.15, 0.2) is 70.4 Å². The van der Waals surface area contributed by atoms with Crippen LogP contribution >= 0.6 is 15.9 Å². The first kappa shape index (κ1) is 18.5. The molecule has 0 radical (unpaired) electrons. The van der Waals surface area contributed by atoms with Crippen molar-refractivity contribution in [3.05, 3.63) is 82.1 Å². The van der Waals surface area contributed by atoms with Crippen molar-refractivity contribution < 1.29 is 14.3 Å². The summed E-state index contributed by atoms with van der Waals surface area (Å²) >= 11 is 3.32. The molecule has 0 aliphatic rings. The number of aryl methyl sites for hydroxylation is 1. The lowest BCUT2D eigenvalue weighted by Crippen LogP contribution is -2.18. The van der Waals surface area contributed by atoms with Crippen molar-refractivity contribution in [2.45, 2.75) is 0 Å². The van der Waals surface area contributed by atoms with Crippen molar-refractivity contribution in [3.63, 3.8) is 0 Å². The highest BCUT2D eigenvalue weighted by atomic mass is 79.9. The van der Waals surface area contributed by atoms with E-state index in [1.165, 1.54) is 17.1 Å². The lowest BCUT2D eigenvalue weighted by atomic mass is 10.2. The Kier molecular flexibility index (Phi) is 5.77. The van der Waals surface area contributed by atoms with Gasteiger partial charge >= 0.3 is 5.97 Å². The van der Waals surface area contributed by atoms with E-state index < -0.39 is 5.97 Å². The van der Waals surface area contributed by atoms with Crippen LogP contribution < -0.4 is 10.2 Å². The maximum absolute atomic E-state index is 12.1. The molecule has 3 aromatic rings. The van der Waals surface area contributed by atoms with Crippen molar-refractivity contribution in [1.29, 1.82) is 0 Å². The van der Waals surface area contributed by atoms with Crippen LogP contribution in [-0.4, -0.2) is 27.9 Å². The Bertz CT molecular complexity index is 1010. The van der Waals surface area contributed by atoms with Crippen molar-refractivity contribution in [1.82, 2.24) is 15.2 Å². The molecule has 7 nitrogen and oxygen atoms in total. The molecule has 0 atom stereocenters. The predicted molar refractivity (Wildman–Crippen MR) is 104 cm³/mol. The first-order chi connectivity index (χ1) is 13.0. The summed E-state index contributed by atoms with van der Waals surface area (Å²) in [6.45, 7) is 0. The van der Waals surface area contributed by atoms with E-state index in [1.54, 1.807) is 55.6 Å². The van der Waals surface area contributed by atoms with Crippen LogP contribution in [0, 0.1) is 0 Å². The minimum absolute atomic E-state index is 0.336. The minimum atomic E-state index is -0.508. The van der Waals surface area contributed by atoms with Gasteiger partial charge in [-0.3, -0.25) is 9.48 Å². The zero-order valence-electron chi connectivity index (χ0n) is 14.3. The van der Waals surface area contributed by atoms with Gasteiger partial charge in [-0.25, -0.2) is 10.2 Å². The number of hydrogen-bond acceptors (Lipinski definition) is 5. The van der Waals surface area contributed by atoms with Gasteiger partial charge in [0, 0.05) is 17.7 Å². The molecule has 136 valence electrons. The minimum Gasteiger partial charge on any atom is -0.422 e. The van der Waals surface area contributed by atoms with Gasteiger partial charge < -0.3 is 4.74 Å². The number of benzene rings is 2. The van der Waals surface area contributed by atoms with Gasteiger partial charge in [0.05, 0.1) is 11.8 Å². The van der Waals surface area contributed by atoms with Crippen LogP contribution in [0.4, 0.5) is 0 Å². The second-order valence-corrected chi connectivity index (χ2v) is 6.34. The average molecular weight is 427 g/mol. The van der Waals surface area contributed by atoms with Crippen LogP contribution in [0.2, 0.25) is 0 Å². The Labute approximate surface area is 163 Å². The third-order valence-corrected chi connectivity index (χ3v) is 4.29. The maximum atomic E-state index is 12.1. The fourth-order valence-electron chi connectivity index (χ4n) is 2.26. The number of esters is 1. The first-order valence-electron chi connectivity index (χ1n) is 7.93. The highest BCUT2D eigenvalue weighted by molar-refractivity contribution is 9.10. The summed E-state index contributed by atoms with van der Waals surface area (Å²) in [4.78, 5) is 24.2. The van der Waals surface area contributed by atoms with Gasteiger partial charge in [-0.2, -0.15) is 10.2 Å². The van der Waals surface area contributed by atoms with E-state index in [9.17, 15) is 9.59 Å². The number of rotatable bonds is 5. The molecular weight excluding hydrogens is 412 g/mol. The molecule has 1 N–H and O–H groups in total. The molecule has 0 aliphatic heterocycles. The van der Waals surface area contributed by atoms with E-state index in [0.717, 1.165) is 0 Å². The zero-order chi connectivity index (χ0) is 19.2. The number of nitrogens with zero attached hydrogens (tertiary/aromatic N) is 3. The molecule has 0 bridgehead atoms. The lowest BCUT2D eigenvalue weighted by Gasteiger charge is -2.05. The van der Waals surface area contributed by atoms with Crippen molar-refractivity contribution in [2.75, 3.05) is 0 Å². The van der Waals surface area contributed by atoms with E-state index >= 15 is 0 Å². The number of halogens is 1. The molecule has 2 aromatic carbocycles. The third-order valence-electron chi connectivity index (χ3n) is 3.60. The molecule has 0 aliphatic carbocycles. The molecule has 8 heteroatoms. The number of hydrazone groups is 1. The molecule has 0 unspecified atom stereocenters. The third kappa shape index (κ3) is 4.68. The van der Waals surface area contributed by atoms with E-state index in [4.69, 9.17) is 4.74 Å². The lowest BCUT2D eigenvalue weighted by molar-refractivity contribution is 0.0723. The molecule has 0 spiro atoms. The molecule has 1 aromatic heterocycles. The van der Waals surface area contributed by atoms with E-state index in [2.05, 4.69) is 31.6 Å². The van der Waals surface area contributed by atoms with E-state index in [1.807, 2.05) is 6.07 Å². The Morgan fingerprint density at radius 2 is 2.00 bits per heavy atom. The van der Waals surface area contributed by atoms with Gasteiger partial charge in [0.15, 0.2) is 0 Å². The molecule has 0 fully saturated rings. The average Bonchev–Trinajstić information content (AvgIpc) is 3.08. The van der Waals surface area contributed by atoms with Crippen LogP contribution in [0.3, 0.4) is 0 Å². The predicted octanol–water partition coefficient (Wildman–Crippen LogP) is 3.17. The molecule has 1 heterocycles. The number of carbonyl (C=O) groups is 2. The van der Waals surface area contributed by atoms with Gasteiger partial charge in [0.2, 0.25) is 0 Å². The second-order valence-electron chi connectivity index (χ2n) is 5.48. The van der Waals surface area contributed by atoms with Gasteiger partial charge in [0.25, 0.3) is 5.91 Å². The second kappa shape index (κ2) is 8.41. The topological polar surface area (TPSA) is 85.6 Å². The standard InChI is InChI=1S/C19H15BrN4O3/c1-24-17(9-10-22-24)19(26)27-14-6-4-5-13(11-14)12-21-23-18(25)15-7-2-3-8-16(15)20/h2-12H,1H3,(H,23,25). The SMILES string of the molecule is Cn1nccc1C(=O)Oc1cccc(C=NNC(=O)c2ccccc2Br)c1. The number of carbonyl (C=O) groups excluding carboxylic acids is 2. The quantitative estimate of drug-likeness (QED) is 0.293. The Hall–Kier alpha value is -3.26. The molecule has 3 rings (SSSR count). The van der Waals surface area contributed by atoms with Crippen LogP contribution in [0.25, 0.3) is 0 Å². The fraction of sp³-hybridized carbons (Fsp3) is 0.0526. The number of amides is 1. The van der Waals surface area contributed by atoms with Gasteiger partial charge in [0.1, 0.15) is 11.4 Å². The monoisotopic (exact) mass is 426 g/mol. The van der Waals surface area contributed by atoms with Crippen molar-refractivity contribution >= 4 is 34.0 Å². The van der Waals surface area contributed by atoms with Crippen LogP contribution in [0.1, 0.15) is 26.4 Å². The summed E-state index contributed by atoms with van der Waals surface area (Å²) in [6, 6.07) is 15.4. The largest absolute Gasteiger partial charge is 0.422 e. The Morgan fingerprint density at radius 3 is 2.74 bits per heavy atom. The van der Waals surface area contributed by atoms with Gasteiger partial charge in [-0.15, -0.1) is 0 Å². The van der Waals surface area contributed by atoms with Crippen LogP contribution in [-0.2, 0) is 7.05 Å².